The van der Waals surface area contributed by atoms with Gasteiger partial charge in [0.15, 0.2) is 0 Å². The molecule has 0 aromatic rings. The Labute approximate surface area is 104 Å². The first-order valence-electron chi connectivity index (χ1n) is 5.28. The molecule has 0 nitrogen and oxygen atoms in total. The highest BCUT2D eigenvalue weighted by Crippen LogP contribution is 2.26. The molecule has 0 aliphatic heterocycles. The summed E-state index contributed by atoms with van der Waals surface area (Å²) in [6.45, 7) is 9.23. The van der Waals surface area contributed by atoms with Crippen molar-refractivity contribution >= 4 is 36.2 Å². The molecule has 0 aromatic heterocycles. The normalized spacial score (nSPS) is 18.2. The monoisotopic (exact) mass is 252 g/mol. The minimum Gasteiger partial charge on any atom is -0.179 e. The summed E-state index contributed by atoms with van der Waals surface area (Å²) in [5.41, 5.74) is 0. The van der Waals surface area contributed by atoms with Crippen LogP contribution in [-0.2, 0) is 0 Å². The lowest BCUT2D eigenvalue weighted by molar-refractivity contribution is 0.629. The van der Waals surface area contributed by atoms with Gasteiger partial charge >= 0.3 is 0 Å². The maximum Gasteiger partial charge on any atom is 0.00598 e. The van der Waals surface area contributed by atoms with Gasteiger partial charge in [0, 0.05) is 10.5 Å². The van der Waals surface area contributed by atoms with E-state index in [2.05, 4.69) is 58.3 Å². The Kier molecular flexibility index (Phi) is 8.85. The van der Waals surface area contributed by atoms with Crippen LogP contribution in [0.5, 0.6) is 0 Å². The predicted molar refractivity (Wildman–Crippen MR) is 77.1 cm³/mol. The van der Waals surface area contributed by atoms with Gasteiger partial charge in [-0.2, -0.15) is 36.2 Å². The summed E-state index contributed by atoms with van der Waals surface area (Å²) >= 11 is 8.49. The molecule has 0 saturated heterocycles. The second-order valence-electron chi connectivity index (χ2n) is 4.17. The molecule has 0 radical (unpaired) electrons. The molecule has 3 atom stereocenters. The number of hydrogen-bond donors (Lipinski definition) is 1. The van der Waals surface area contributed by atoms with E-state index in [9.17, 15) is 0 Å². The smallest absolute Gasteiger partial charge is 0.00598 e. The summed E-state index contributed by atoms with van der Waals surface area (Å²) < 4.78 is 0. The van der Waals surface area contributed by atoms with Crippen LogP contribution in [0.1, 0.15) is 27.7 Å². The molecule has 86 valence electrons. The second-order valence-corrected chi connectivity index (χ2v) is 7.16. The molecule has 0 aliphatic rings. The first-order chi connectivity index (χ1) is 6.52. The van der Waals surface area contributed by atoms with Crippen LogP contribution >= 0.6 is 36.2 Å². The first-order valence-corrected chi connectivity index (χ1v) is 8.25. The Hall–Kier alpha value is 1.05. The molecular weight excluding hydrogens is 228 g/mol. The molecule has 0 heterocycles. The van der Waals surface area contributed by atoms with E-state index < -0.39 is 0 Å². The van der Waals surface area contributed by atoms with Crippen LogP contribution in [0.2, 0.25) is 0 Å². The largest absolute Gasteiger partial charge is 0.179 e. The second kappa shape index (κ2) is 8.23. The van der Waals surface area contributed by atoms with Crippen molar-refractivity contribution in [2.24, 2.45) is 11.8 Å². The number of rotatable bonds is 7. The van der Waals surface area contributed by atoms with Gasteiger partial charge in [-0.15, -0.1) is 0 Å². The van der Waals surface area contributed by atoms with Gasteiger partial charge in [0.25, 0.3) is 0 Å². The predicted octanol–water partition coefficient (Wildman–Crippen LogP) is 4.06. The van der Waals surface area contributed by atoms with Crippen molar-refractivity contribution < 1.29 is 0 Å². The quantitative estimate of drug-likeness (QED) is 0.679. The van der Waals surface area contributed by atoms with Crippen LogP contribution in [-0.4, -0.2) is 28.3 Å². The molecule has 14 heavy (non-hydrogen) atoms. The van der Waals surface area contributed by atoms with Crippen molar-refractivity contribution in [3.8, 4) is 0 Å². The summed E-state index contributed by atoms with van der Waals surface area (Å²) in [6.07, 6.45) is 2.19. The Morgan fingerprint density at radius 1 is 1.07 bits per heavy atom. The molecule has 3 heteroatoms. The van der Waals surface area contributed by atoms with Gasteiger partial charge in [0.1, 0.15) is 0 Å². The van der Waals surface area contributed by atoms with Gasteiger partial charge in [-0.25, -0.2) is 0 Å². The fourth-order valence-corrected chi connectivity index (χ4v) is 3.80. The van der Waals surface area contributed by atoms with Gasteiger partial charge in [0.05, 0.1) is 0 Å². The van der Waals surface area contributed by atoms with Crippen LogP contribution in [0.15, 0.2) is 0 Å². The lowest BCUT2D eigenvalue weighted by atomic mass is 10.1. The number of thioether (sulfide) groups is 2. The third-order valence-electron chi connectivity index (χ3n) is 2.78. The average molecular weight is 253 g/mol. The van der Waals surface area contributed by atoms with Crippen LogP contribution < -0.4 is 0 Å². The van der Waals surface area contributed by atoms with Crippen LogP contribution in [0, 0.1) is 11.8 Å². The van der Waals surface area contributed by atoms with Crippen molar-refractivity contribution in [2.45, 2.75) is 38.2 Å². The minimum absolute atomic E-state index is 0.736. The van der Waals surface area contributed by atoms with Gasteiger partial charge < -0.3 is 0 Å². The third-order valence-corrected chi connectivity index (χ3v) is 6.07. The van der Waals surface area contributed by atoms with Crippen molar-refractivity contribution in [3.05, 3.63) is 0 Å². The molecule has 0 aromatic carbocycles. The molecule has 3 unspecified atom stereocenters. The summed E-state index contributed by atoms with van der Waals surface area (Å²) in [5.74, 6) is 3.80. The van der Waals surface area contributed by atoms with E-state index in [0.717, 1.165) is 28.1 Å². The maximum absolute atomic E-state index is 4.44. The van der Waals surface area contributed by atoms with E-state index in [0.29, 0.717) is 0 Å². The van der Waals surface area contributed by atoms with Gasteiger partial charge in [-0.05, 0) is 29.6 Å². The van der Waals surface area contributed by atoms with E-state index >= 15 is 0 Å². The molecule has 0 amide bonds. The van der Waals surface area contributed by atoms with Crippen molar-refractivity contribution in [1.82, 2.24) is 0 Å². The van der Waals surface area contributed by atoms with Gasteiger partial charge in [-0.1, -0.05) is 27.7 Å². The topological polar surface area (TPSA) is 0 Å². The zero-order chi connectivity index (χ0) is 11.1. The SMILES string of the molecule is CSC(C)C(CS)CSC(C)C(C)C. The Morgan fingerprint density at radius 3 is 2.00 bits per heavy atom. The Bertz CT molecular complexity index is 136. The number of thiol groups is 1. The fraction of sp³-hybridized carbons (Fsp3) is 1.00. The highest BCUT2D eigenvalue weighted by molar-refractivity contribution is 8.00. The van der Waals surface area contributed by atoms with Crippen LogP contribution in [0.25, 0.3) is 0 Å². The summed E-state index contributed by atoms with van der Waals surface area (Å²) in [5, 5.41) is 1.51. The van der Waals surface area contributed by atoms with E-state index in [-0.39, 0.29) is 0 Å². The minimum atomic E-state index is 0.736. The highest BCUT2D eigenvalue weighted by Gasteiger charge is 2.17. The zero-order valence-electron chi connectivity index (χ0n) is 9.99. The summed E-state index contributed by atoms with van der Waals surface area (Å²) in [7, 11) is 0. The lowest BCUT2D eigenvalue weighted by Crippen LogP contribution is -2.20. The van der Waals surface area contributed by atoms with Crippen LogP contribution in [0.4, 0.5) is 0 Å². The lowest BCUT2D eigenvalue weighted by Gasteiger charge is -2.23. The third kappa shape index (κ3) is 5.82. The molecule has 0 bridgehead atoms. The van der Waals surface area contributed by atoms with E-state index in [4.69, 9.17) is 0 Å². The molecule has 0 N–H and O–H groups in total. The molecular formula is C11H24S3. The molecule has 0 rings (SSSR count). The standard InChI is InChI=1S/C11H24S3/c1-8(2)9(3)14-7-11(6-12)10(4)13-5/h8-12H,6-7H2,1-5H3. The fourth-order valence-electron chi connectivity index (χ4n) is 0.997. The summed E-state index contributed by atoms with van der Waals surface area (Å²) in [6, 6.07) is 0. The van der Waals surface area contributed by atoms with E-state index in [1.165, 1.54) is 5.75 Å². The molecule has 0 aliphatic carbocycles. The van der Waals surface area contributed by atoms with E-state index in [1.807, 2.05) is 11.8 Å². The molecule has 0 spiro atoms. The molecule has 0 fully saturated rings. The zero-order valence-corrected chi connectivity index (χ0v) is 12.5. The van der Waals surface area contributed by atoms with Gasteiger partial charge in [0.2, 0.25) is 0 Å². The molecule has 0 saturated carbocycles. The van der Waals surface area contributed by atoms with Crippen molar-refractivity contribution in [3.63, 3.8) is 0 Å². The van der Waals surface area contributed by atoms with Crippen LogP contribution in [0.3, 0.4) is 0 Å². The van der Waals surface area contributed by atoms with E-state index in [1.54, 1.807) is 0 Å². The number of hydrogen-bond acceptors (Lipinski definition) is 3. The first kappa shape index (κ1) is 15.0. The maximum atomic E-state index is 4.44. The average Bonchev–Trinajstić information content (AvgIpc) is 2.17. The van der Waals surface area contributed by atoms with Crippen molar-refractivity contribution in [2.75, 3.05) is 17.8 Å². The summed E-state index contributed by atoms with van der Waals surface area (Å²) in [4.78, 5) is 0. The highest BCUT2D eigenvalue weighted by atomic mass is 32.2. The Morgan fingerprint density at radius 2 is 1.64 bits per heavy atom. The van der Waals surface area contributed by atoms with Crippen molar-refractivity contribution in [1.29, 1.82) is 0 Å². The Balaban J connectivity index is 3.83. The van der Waals surface area contributed by atoms with Gasteiger partial charge in [-0.3, -0.25) is 0 Å².